The van der Waals surface area contributed by atoms with Crippen LogP contribution in [0, 0.1) is 0 Å². The number of benzene rings is 3. The van der Waals surface area contributed by atoms with E-state index in [0.717, 1.165) is 43.2 Å². The Hall–Kier alpha value is -3.97. The summed E-state index contributed by atoms with van der Waals surface area (Å²) in [6, 6.07) is 23.2. The summed E-state index contributed by atoms with van der Waals surface area (Å²) in [4.78, 5) is 23.7. The van der Waals surface area contributed by atoms with Gasteiger partial charge in [0.05, 0.1) is 26.8 Å². The number of aliphatic carboxylic acids is 1. The van der Waals surface area contributed by atoms with Crippen molar-refractivity contribution in [2.75, 3.05) is 6.61 Å². The minimum absolute atomic E-state index is 0.370. The molecule has 2 heterocycles. The highest BCUT2D eigenvalue weighted by molar-refractivity contribution is 7.19. The fraction of sp³-hybridized carbons (Fsp3) is 0.0417. The summed E-state index contributed by atoms with van der Waals surface area (Å²) in [5.41, 5.74) is 4.61. The van der Waals surface area contributed by atoms with Gasteiger partial charge in [-0.05, 0) is 48.0 Å². The molecule has 0 radical (unpaired) electrons. The maximum absolute atomic E-state index is 10.7. The summed E-state index contributed by atoms with van der Waals surface area (Å²) < 4.78 is 6.34. The molecule has 5 rings (SSSR count). The lowest BCUT2D eigenvalue weighted by molar-refractivity contribution is -0.139. The van der Waals surface area contributed by atoms with Crippen LogP contribution in [0.4, 0.5) is 0 Å². The minimum Gasteiger partial charge on any atom is -0.482 e. The molecule has 152 valence electrons. The third kappa shape index (κ3) is 4.04. The van der Waals surface area contributed by atoms with Crippen molar-refractivity contribution in [2.24, 2.45) is 0 Å². The number of aromatic amines is 1. The van der Waals surface area contributed by atoms with Crippen molar-refractivity contribution >= 4 is 50.2 Å². The number of carboxylic acids is 1. The number of ether oxygens (including phenoxy) is 1. The smallest absolute Gasteiger partial charge is 0.341 e. The molecule has 7 heteroatoms. The fourth-order valence-electron chi connectivity index (χ4n) is 3.27. The van der Waals surface area contributed by atoms with Gasteiger partial charge in [-0.15, -0.1) is 11.3 Å². The van der Waals surface area contributed by atoms with E-state index in [1.54, 1.807) is 23.5 Å². The first kappa shape index (κ1) is 19.0. The molecule has 0 fully saturated rings. The van der Waals surface area contributed by atoms with Crippen LogP contribution < -0.4 is 4.74 Å². The Morgan fingerprint density at radius 2 is 1.71 bits per heavy atom. The van der Waals surface area contributed by atoms with Crippen LogP contribution in [0.1, 0.15) is 16.4 Å². The van der Waals surface area contributed by atoms with Crippen molar-refractivity contribution in [3.63, 3.8) is 0 Å². The van der Waals surface area contributed by atoms with Crippen LogP contribution in [0.3, 0.4) is 0 Å². The van der Waals surface area contributed by atoms with Crippen molar-refractivity contribution in [1.82, 2.24) is 15.0 Å². The topological polar surface area (TPSA) is 88.1 Å². The first-order valence-corrected chi connectivity index (χ1v) is 10.4. The number of hydrogen-bond donors (Lipinski definition) is 2. The highest BCUT2D eigenvalue weighted by atomic mass is 32.1. The number of thiazole rings is 1. The number of para-hydroxylation sites is 3. The molecule has 0 aliphatic heterocycles. The summed E-state index contributed by atoms with van der Waals surface area (Å²) in [5.74, 6) is 0.239. The molecule has 6 nitrogen and oxygen atoms in total. The second-order valence-electron chi connectivity index (χ2n) is 6.90. The van der Waals surface area contributed by atoms with Gasteiger partial charge < -0.3 is 14.8 Å². The number of rotatable bonds is 6. The molecule has 5 aromatic rings. The maximum atomic E-state index is 10.7. The average Bonchev–Trinajstić information content (AvgIpc) is 3.40. The van der Waals surface area contributed by atoms with Gasteiger partial charge in [0.1, 0.15) is 16.6 Å². The minimum atomic E-state index is -1.01. The third-order valence-corrected chi connectivity index (χ3v) is 5.79. The van der Waals surface area contributed by atoms with E-state index >= 15 is 0 Å². The van der Waals surface area contributed by atoms with Crippen LogP contribution in [0.2, 0.25) is 0 Å². The SMILES string of the molecule is O=C(O)COc1ccc(/C=C(\c2nc3ccccc3[nH]2)c2nc3ccccc3s2)cc1. The lowest BCUT2D eigenvalue weighted by Crippen LogP contribution is -2.09. The van der Waals surface area contributed by atoms with Crippen LogP contribution in [0.5, 0.6) is 5.75 Å². The molecular formula is C24H17N3O3S. The first-order valence-electron chi connectivity index (χ1n) is 9.63. The quantitative estimate of drug-likeness (QED) is 0.388. The average molecular weight is 427 g/mol. The van der Waals surface area contributed by atoms with E-state index in [9.17, 15) is 4.79 Å². The molecule has 0 bridgehead atoms. The summed E-state index contributed by atoms with van der Waals surface area (Å²) in [7, 11) is 0. The lowest BCUT2D eigenvalue weighted by atomic mass is 10.1. The Morgan fingerprint density at radius 3 is 2.45 bits per heavy atom. The first-order chi connectivity index (χ1) is 15.2. The summed E-state index contributed by atoms with van der Waals surface area (Å²) in [6.45, 7) is -0.370. The molecule has 0 unspecified atom stereocenters. The molecule has 0 amide bonds. The van der Waals surface area contributed by atoms with E-state index in [0.29, 0.717) is 5.75 Å². The van der Waals surface area contributed by atoms with Gasteiger partial charge in [-0.1, -0.05) is 36.4 Å². The molecule has 0 atom stereocenters. The normalized spacial score (nSPS) is 11.8. The van der Waals surface area contributed by atoms with Gasteiger partial charge in [0.2, 0.25) is 0 Å². The number of H-pyrrole nitrogens is 1. The molecular weight excluding hydrogens is 410 g/mol. The van der Waals surface area contributed by atoms with Gasteiger partial charge in [0, 0.05) is 0 Å². The molecule has 0 saturated carbocycles. The maximum Gasteiger partial charge on any atom is 0.341 e. The lowest BCUT2D eigenvalue weighted by Gasteiger charge is -2.05. The Balaban J connectivity index is 1.58. The van der Waals surface area contributed by atoms with Crippen molar-refractivity contribution in [2.45, 2.75) is 0 Å². The molecule has 31 heavy (non-hydrogen) atoms. The van der Waals surface area contributed by atoms with Gasteiger partial charge in [-0.3, -0.25) is 0 Å². The second kappa shape index (κ2) is 8.04. The van der Waals surface area contributed by atoms with Gasteiger partial charge in [0.15, 0.2) is 6.61 Å². The predicted octanol–water partition coefficient (Wildman–Crippen LogP) is 5.22. The number of imidazole rings is 1. The van der Waals surface area contributed by atoms with Crippen LogP contribution in [-0.4, -0.2) is 32.6 Å². The van der Waals surface area contributed by atoms with Gasteiger partial charge in [0.25, 0.3) is 0 Å². The van der Waals surface area contributed by atoms with Gasteiger partial charge in [-0.2, -0.15) is 0 Å². The Labute approximate surface area is 181 Å². The number of hydrogen-bond acceptors (Lipinski definition) is 5. The van der Waals surface area contributed by atoms with E-state index in [1.165, 1.54) is 0 Å². The molecule has 0 saturated heterocycles. The van der Waals surface area contributed by atoms with Gasteiger partial charge in [-0.25, -0.2) is 14.8 Å². The number of carboxylic acid groups (broad SMARTS) is 1. The van der Waals surface area contributed by atoms with E-state index in [2.05, 4.69) is 11.1 Å². The van der Waals surface area contributed by atoms with Crippen LogP contribution >= 0.6 is 11.3 Å². The molecule has 2 N–H and O–H groups in total. The highest BCUT2D eigenvalue weighted by Crippen LogP contribution is 2.32. The third-order valence-electron chi connectivity index (χ3n) is 4.72. The number of nitrogens with one attached hydrogen (secondary N) is 1. The Kier molecular flexibility index (Phi) is 4.93. The predicted molar refractivity (Wildman–Crippen MR) is 122 cm³/mol. The number of fused-ring (bicyclic) bond motifs is 2. The molecule has 2 aromatic heterocycles. The molecule has 0 spiro atoms. The van der Waals surface area contributed by atoms with E-state index in [4.69, 9.17) is 19.8 Å². The number of carbonyl (C=O) groups is 1. The van der Waals surface area contributed by atoms with Crippen molar-refractivity contribution < 1.29 is 14.6 Å². The summed E-state index contributed by atoms with van der Waals surface area (Å²) in [5, 5.41) is 9.64. The van der Waals surface area contributed by atoms with E-state index < -0.39 is 5.97 Å². The molecule has 0 aliphatic carbocycles. The second-order valence-corrected chi connectivity index (χ2v) is 7.93. The Morgan fingerprint density at radius 1 is 0.968 bits per heavy atom. The van der Waals surface area contributed by atoms with Crippen LogP contribution in [0.15, 0.2) is 72.8 Å². The van der Waals surface area contributed by atoms with E-state index in [-0.39, 0.29) is 6.61 Å². The summed E-state index contributed by atoms with van der Waals surface area (Å²) >= 11 is 1.61. The van der Waals surface area contributed by atoms with E-state index in [1.807, 2.05) is 60.7 Å². The summed E-state index contributed by atoms with van der Waals surface area (Å²) in [6.07, 6.45) is 2.02. The van der Waals surface area contributed by atoms with Gasteiger partial charge >= 0.3 is 5.97 Å². The van der Waals surface area contributed by atoms with Crippen molar-refractivity contribution in [1.29, 1.82) is 0 Å². The largest absolute Gasteiger partial charge is 0.482 e. The van der Waals surface area contributed by atoms with Crippen molar-refractivity contribution in [3.05, 3.63) is 89.2 Å². The fourth-order valence-corrected chi connectivity index (χ4v) is 4.25. The molecule has 0 aliphatic rings. The van der Waals surface area contributed by atoms with Crippen molar-refractivity contribution in [3.8, 4) is 5.75 Å². The number of aromatic nitrogens is 3. The standard InChI is InChI=1S/C24H17N3O3S/c28-22(29)14-30-16-11-9-15(10-12-16)13-17(23-25-18-5-1-2-6-19(18)26-23)24-27-20-7-3-4-8-21(20)31-24/h1-13H,14H2,(H,25,26)(H,28,29)/b17-13+. The zero-order valence-corrected chi connectivity index (χ0v) is 17.1. The molecule has 3 aromatic carbocycles. The van der Waals surface area contributed by atoms with Crippen LogP contribution in [0.25, 0.3) is 32.9 Å². The zero-order valence-electron chi connectivity index (χ0n) is 16.3. The van der Waals surface area contributed by atoms with Crippen LogP contribution in [-0.2, 0) is 4.79 Å². The zero-order chi connectivity index (χ0) is 21.2. The Bertz CT molecular complexity index is 1280. The number of nitrogens with zero attached hydrogens (tertiary/aromatic N) is 2. The monoisotopic (exact) mass is 427 g/mol. The highest BCUT2D eigenvalue weighted by Gasteiger charge is 2.15.